The van der Waals surface area contributed by atoms with Gasteiger partial charge in [-0.15, -0.1) is 0 Å². The SMILES string of the molecule is CCS(=O)(=O)c1cc(C2(C#N)CC2)cnc1-c1ncc(C=C(Cl)C(F)(F)F)n1C. The van der Waals surface area contributed by atoms with Crippen LogP contribution in [0, 0.1) is 11.3 Å². The Hall–Kier alpha value is -2.38. The molecule has 0 aromatic carbocycles. The van der Waals surface area contributed by atoms with Crippen LogP contribution in [-0.2, 0) is 22.3 Å². The van der Waals surface area contributed by atoms with Gasteiger partial charge in [-0.1, -0.05) is 18.5 Å². The minimum absolute atomic E-state index is 0.00891. The van der Waals surface area contributed by atoms with E-state index in [9.17, 15) is 26.9 Å². The molecule has 3 rings (SSSR count). The maximum atomic E-state index is 12.7. The van der Waals surface area contributed by atoms with E-state index in [1.54, 1.807) is 0 Å². The second-order valence-corrected chi connectivity index (χ2v) is 9.38. The van der Waals surface area contributed by atoms with Crippen LogP contribution in [0.4, 0.5) is 13.2 Å². The lowest BCUT2D eigenvalue weighted by atomic mass is 9.99. The van der Waals surface area contributed by atoms with Crippen LogP contribution >= 0.6 is 11.6 Å². The van der Waals surface area contributed by atoms with Gasteiger partial charge in [0.05, 0.1) is 34.0 Å². The average molecular weight is 445 g/mol. The minimum atomic E-state index is -4.71. The van der Waals surface area contributed by atoms with Crippen LogP contribution < -0.4 is 0 Å². The largest absolute Gasteiger partial charge is 0.427 e. The minimum Gasteiger partial charge on any atom is -0.326 e. The van der Waals surface area contributed by atoms with Gasteiger partial charge in [-0.05, 0) is 30.5 Å². The van der Waals surface area contributed by atoms with Gasteiger partial charge in [-0.25, -0.2) is 13.4 Å². The zero-order valence-corrected chi connectivity index (χ0v) is 17.0. The maximum Gasteiger partial charge on any atom is 0.427 e. The summed E-state index contributed by atoms with van der Waals surface area (Å²) in [6.07, 6.45) is -0.202. The van der Waals surface area contributed by atoms with Gasteiger partial charge in [0.15, 0.2) is 15.7 Å². The van der Waals surface area contributed by atoms with Crippen molar-refractivity contribution in [1.82, 2.24) is 14.5 Å². The van der Waals surface area contributed by atoms with Crippen molar-refractivity contribution in [3.05, 3.63) is 34.7 Å². The Morgan fingerprint density at radius 1 is 1.38 bits per heavy atom. The Balaban J connectivity index is 2.16. The van der Waals surface area contributed by atoms with Crippen molar-refractivity contribution in [3.63, 3.8) is 0 Å². The predicted molar refractivity (Wildman–Crippen MR) is 101 cm³/mol. The van der Waals surface area contributed by atoms with Gasteiger partial charge in [0.1, 0.15) is 10.7 Å². The lowest BCUT2D eigenvalue weighted by molar-refractivity contribution is -0.0837. The van der Waals surface area contributed by atoms with Crippen LogP contribution in [0.25, 0.3) is 17.6 Å². The number of aromatic nitrogens is 3. The number of allylic oxidation sites excluding steroid dienone is 1. The molecule has 0 N–H and O–H groups in total. The second kappa shape index (κ2) is 7.15. The number of nitriles is 1. The Morgan fingerprint density at radius 2 is 2.03 bits per heavy atom. The number of hydrogen-bond acceptors (Lipinski definition) is 5. The van der Waals surface area contributed by atoms with Gasteiger partial charge in [-0.3, -0.25) is 4.98 Å². The molecule has 0 saturated heterocycles. The molecule has 1 aliphatic rings. The third kappa shape index (κ3) is 3.89. The molecular formula is C18H16ClF3N4O2S. The zero-order valence-electron chi connectivity index (χ0n) is 15.5. The molecule has 0 aliphatic heterocycles. The van der Waals surface area contributed by atoms with Gasteiger partial charge < -0.3 is 4.57 Å². The van der Waals surface area contributed by atoms with E-state index in [1.807, 2.05) is 0 Å². The van der Waals surface area contributed by atoms with Gasteiger partial charge in [-0.2, -0.15) is 18.4 Å². The number of alkyl halides is 3. The number of hydrogen-bond donors (Lipinski definition) is 0. The van der Waals surface area contributed by atoms with E-state index in [-0.39, 0.29) is 27.9 Å². The van der Waals surface area contributed by atoms with Crippen LogP contribution in [0.3, 0.4) is 0 Å². The van der Waals surface area contributed by atoms with E-state index < -0.39 is 26.5 Å². The quantitative estimate of drug-likeness (QED) is 0.696. The fourth-order valence-corrected chi connectivity index (χ4v) is 4.01. The monoisotopic (exact) mass is 444 g/mol. The summed E-state index contributed by atoms with van der Waals surface area (Å²) >= 11 is 5.29. The number of sulfone groups is 1. The highest BCUT2D eigenvalue weighted by Gasteiger charge is 2.46. The van der Waals surface area contributed by atoms with E-state index in [1.165, 1.54) is 30.8 Å². The molecule has 0 unspecified atom stereocenters. The lowest BCUT2D eigenvalue weighted by Crippen LogP contribution is -2.12. The molecule has 6 nitrogen and oxygen atoms in total. The highest BCUT2D eigenvalue weighted by atomic mass is 35.5. The number of pyridine rings is 1. The van der Waals surface area contributed by atoms with E-state index in [0.29, 0.717) is 24.5 Å². The molecular weight excluding hydrogens is 429 g/mol. The van der Waals surface area contributed by atoms with Gasteiger partial charge in [0.25, 0.3) is 0 Å². The highest BCUT2D eigenvalue weighted by molar-refractivity contribution is 7.91. The van der Waals surface area contributed by atoms with E-state index in [4.69, 9.17) is 11.6 Å². The van der Waals surface area contributed by atoms with E-state index in [0.717, 1.165) is 6.20 Å². The summed E-state index contributed by atoms with van der Waals surface area (Å²) in [6.45, 7) is 1.47. The van der Waals surface area contributed by atoms with E-state index in [2.05, 4.69) is 16.0 Å². The second-order valence-electron chi connectivity index (χ2n) is 6.72. The summed E-state index contributed by atoms with van der Waals surface area (Å²) in [5.41, 5.74) is -0.192. The Bertz CT molecular complexity index is 1140. The first-order valence-electron chi connectivity index (χ1n) is 8.56. The Kier molecular flexibility index (Phi) is 5.26. The topological polar surface area (TPSA) is 88.6 Å². The molecule has 154 valence electrons. The molecule has 0 spiro atoms. The van der Waals surface area contributed by atoms with Crippen LogP contribution in [-0.4, -0.2) is 34.9 Å². The van der Waals surface area contributed by atoms with Crippen LogP contribution in [0.15, 0.2) is 28.4 Å². The summed E-state index contributed by atoms with van der Waals surface area (Å²) in [4.78, 5) is 8.18. The van der Waals surface area contributed by atoms with Crippen molar-refractivity contribution in [2.45, 2.75) is 36.3 Å². The molecule has 2 heterocycles. The molecule has 1 fully saturated rings. The molecule has 2 aromatic heterocycles. The third-order valence-electron chi connectivity index (χ3n) is 4.87. The van der Waals surface area contributed by atoms with Crippen LogP contribution in [0.5, 0.6) is 0 Å². The first-order valence-corrected chi connectivity index (χ1v) is 10.6. The molecule has 0 amide bonds. The first kappa shape index (κ1) is 21.3. The Labute approximate surface area is 170 Å². The van der Waals surface area contributed by atoms with Crippen LogP contribution in [0.2, 0.25) is 0 Å². The standard InChI is InChI=1S/C18H16ClF3N4O2S/c1-3-29(27,28)13-6-11(17(10-23)4-5-17)8-24-15(13)16-25-9-12(26(16)2)7-14(19)18(20,21)22/h6-9H,3-5H2,1-2H3. The number of imidazole rings is 1. The van der Waals surface area contributed by atoms with E-state index >= 15 is 0 Å². The van der Waals surface area contributed by atoms with Gasteiger partial charge >= 0.3 is 6.18 Å². The molecule has 29 heavy (non-hydrogen) atoms. The average Bonchev–Trinajstić information content (AvgIpc) is 3.39. The normalized spacial score (nSPS) is 16.5. The number of halogens is 4. The molecule has 0 bridgehead atoms. The van der Waals surface area contributed by atoms with Crippen molar-refractivity contribution < 1.29 is 21.6 Å². The summed E-state index contributed by atoms with van der Waals surface area (Å²) < 4.78 is 64.7. The highest BCUT2D eigenvalue weighted by Crippen LogP contribution is 2.48. The maximum absolute atomic E-state index is 12.7. The molecule has 0 atom stereocenters. The van der Waals surface area contributed by atoms with Crippen molar-refractivity contribution in [2.24, 2.45) is 7.05 Å². The Morgan fingerprint density at radius 3 is 2.55 bits per heavy atom. The summed E-state index contributed by atoms with van der Waals surface area (Å²) in [6, 6.07) is 3.61. The first-order chi connectivity index (χ1) is 13.4. The smallest absolute Gasteiger partial charge is 0.326 e. The van der Waals surface area contributed by atoms with Crippen molar-refractivity contribution in [1.29, 1.82) is 5.26 Å². The van der Waals surface area contributed by atoms with Crippen molar-refractivity contribution >= 4 is 27.5 Å². The third-order valence-corrected chi connectivity index (χ3v) is 6.93. The van der Waals surface area contributed by atoms with Gasteiger partial charge in [0.2, 0.25) is 0 Å². The number of nitrogens with zero attached hydrogens (tertiary/aromatic N) is 4. The number of rotatable bonds is 5. The molecule has 2 aromatic rings. The summed E-state index contributed by atoms with van der Waals surface area (Å²) in [5.74, 6) is -0.134. The van der Waals surface area contributed by atoms with Crippen LogP contribution in [0.1, 0.15) is 31.0 Å². The zero-order chi connectivity index (χ0) is 21.6. The molecule has 1 aliphatic carbocycles. The fourth-order valence-electron chi connectivity index (χ4n) is 2.85. The molecule has 1 saturated carbocycles. The fraction of sp³-hybridized carbons (Fsp3) is 0.389. The predicted octanol–water partition coefficient (Wildman–Crippen LogP) is 3.97. The van der Waals surface area contributed by atoms with Crippen molar-refractivity contribution in [3.8, 4) is 17.6 Å². The lowest BCUT2D eigenvalue weighted by Gasteiger charge is -2.13. The summed E-state index contributed by atoms with van der Waals surface area (Å²) in [7, 11) is -2.31. The van der Waals surface area contributed by atoms with Gasteiger partial charge in [0, 0.05) is 13.2 Å². The molecule has 0 radical (unpaired) electrons. The summed E-state index contributed by atoms with van der Waals surface area (Å²) in [5, 5.41) is 8.06. The van der Waals surface area contributed by atoms with Crippen molar-refractivity contribution in [2.75, 3.05) is 5.75 Å². The molecule has 11 heteroatoms.